The molecule has 0 radical (unpaired) electrons. The fourth-order valence-electron chi connectivity index (χ4n) is 3.23. The zero-order valence-electron chi connectivity index (χ0n) is 17.4. The standard InChI is InChI=1S/C22H19N3O7/c1-29-16-8-5-14(11-17(16)30-2)21-23-18(32-24-21)12-31-22(28)13-3-6-15(7-4-13)25-19(26)9-10-20(25)27/h3-8,11H,9-10,12H2,1-2H3. The lowest BCUT2D eigenvalue weighted by Gasteiger charge is -2.13. The molecule has 32 heavy (non-hydrogen) atoms. The van der Waals surface area contributed by atoms with Crippen LogP contribution in [0.25, 0.3) is 11.4 Å². The molecule has 1 aliphatic heterocycles. The van der Waals surface area contributed by atoms with Crippen LogP contribution in [0.4, 0.5) is 5.69 Å². The normalized spacial score (nSPS) is 13.4. The van der Waals surface area contributed by atoms with E-state index in [2.05, 4.69) is 10.1 Å². The smallest absolute Gasteiger partial charge is 0.338 e. The van der Waals surface area contributed by atoms with E-state index in [-0.39, 0.29) is 42.7 Å². The number of rotatable bonds is 7. The summed E-state index contributed by atoms with van der Waals surface area (Å²) < 4.78 is 20.8. The number of carbonyl (C=O) groups excluding carboxylic acids is 3. The van der Waals surface area contributed by atoms with Crippen LogP contribution in [0.3, 0.4) is 0 Å². The molecule has 1 aromatic heterocycles. The highest BCUT2D eigenvalue weighted by atomic mass is 16.6. The Hall–Kier alpha value is -4.21. The van der Waals surface area contributed by atoms with Crippen LogP contribution in [-0.2, 0) is 20.9 Å². The number of hydrogen-bond donors (Lipinski definition) is 0. The Balaban J connectivity index is 1.39. The van der Waals surface area contributed by atoms with Crippen LogP contribution in [-0.4, -0.2) is 42.1 Å². The van der Waals surface area contributed by atoms with Crippen LogP contribution in [0, 0.1) is 0 Å². The fourth-order valence-corrected chi connectivity index (χ4v) is 3.23. The Kier molecular flexibility index (Phi) is 5.84. The van der Waals surface area contributed by atoms with Crippen molar-refractivity contribution in [3.8, 4) is 22.9 Å². The van der Waals surface area contributed by atoms with E-state index in [1.54, 1.807) is 18.2 Å². The Morgan fingerprint density at radius 3 is 2.34 bits per heavy atom. The Morgan fingerprint density at radius 1 is 1.00 bits per heavy atom. The lowest BCUT2D eigenvalue weighted by atomic mass is 10.2. The third-order valence-electron chi connectivity index (χ3n) is 4.85. The molecule has 0 spiro atoms. The van der Waals surface area contributed by atoms with E-state index in [0.29, 0.717) is 28.6 Å². The molecule has 0 unspecified atom stereocenters. The summed E-state index contributed by atoms with van der Waals surface area (Å²) in [5.41, 5.74) is 1.32. The molecule has 1 fully saturated rings. The molecular weight excluding hydrogens is 418 g/mol. The molecule has 2 amide bonds. The summed E-state index contributed by atoms with van der Waals surface area (Å²) in [6.45, 7) is -0.218. The number of esters is 1. The van der Waals surface area contributed by atoms with E-state index in [9.17, 15) is 14.4 Å². The minimum absolute atomic E-state index is 0.119. The first-order chi connectivity index (χ1) is 15.5. The van der Waals surface area contributed by atoms with Gasteiger partial charge in [0.2, 0.25) is 17.6 Å². The van der Waals surface area contributed by atoms with Crippen molar-refractivity contribution in [3.05, 3.63) is 53.9 Å². The van der Waals surface area contributed by atoms with Crippen LogP contribution >= 0.6 is 0 Å². The summed E-state index contributed by atoms with van der Waals surface area (Å²) in [6, 6.07) is 11.2. The SMILES string of the molecule is COc1ccc(-c2noc(COC(=O)c3ccc(N4C(=O)CCC4=O)cc3)n2)cc1OC. The van der Waals surface area contributed by atoms with Gasteiger partial charge in [0.1, 0.15) is 0 Å². The highest BCUT2D eigenvalue weighted by molar-refractivity contribution is 6.19. The molecular formula is C22H19N3O7. The van der Waals surface area contributed by atoms with Gasteiger partial charge in [-0.05, 0) is 42.5 Å². The van der Waals surface area contributed by atoms with E-state index >= 15 is 0 Å². The van der Waals surface area contributed by atoms with E-state index in [1.807, 2.05) is 0 Å². The Morgan fingerprint density at radius 2 is 1.69 bits per heavy atom. The molecule has 1 saturated heterocycles. The molecule has 4 rings (SSSR count). The van der Waals surface area contributed by atoms with Crippen LogP contribution in [0.2, 0.25) is 0 Å². The predicted octanol–water partition coefficient (Wildman–Crippen LogP) is 2.76. The van der Waals surface area contributed by atoms with E-state index in [4.69, 9.17) is 18.7 Å². The van der Waals surface area contributed by atoms with Crippen molar-refractivity contribution in [2.45, 2.75) is 19.4 Å². The highest BCUT2D eigenvalue weighted by Crippen LogP contribution is 2.31. The molecule has 2 aromatic carbocycles. The number of benzene rings is 2. The molecule has 10 heteroatoms. The van der Waals surface area contributed by atoms with Crippen molar-refractivity contribution < 1.29 is 33.1 Å². The highest BCUT2D eigenvalue weighted by Gasteiger charge is 2.30. The van der Waals surface area contributed by atoms with Gasteiger partial charge in [-0.2, -0.15) is 4.98 Å². The lowest BCUT2D eigenvalue weighted by Crippen LogP contribution is -2.28. The van der Waals surface area contributed by atoms with Gasteiger partial charge in [0.15, 0.2) is 18.1 Å². The minimum Gasteiger partial charge on any atom is -0.493 e. The zero-order chi connectivity index (χ0) is 22.7. The predicted molar refractivity (Wildman–Crippen MR) is 110 cm³/mol. The number of hydrogen-bond acceptors (Lipinski definition) is 9. The van der Waals surface area contributed by atoms with Gasteiger partial charge >= 0.3 is 5.97 Å². The van der Waals surface area contributed by atoms with Crippen molar-refractivity contribution in [1.82, 2.24) is 10.1 Å². The number of methoxy groups -OCH3 is 2. The van der Waals surface area contributed by atoms with Crippen molar-refractivity contribution in [3.63, 3.8) is 0 Å². The van der Waals surface area contributed by atoms with E-state index < -0.39 is 5.97 Å². The van der Waals surface area contributed by atoms with Gasteiger partial charge in [0, 0.05) is 18.4 Å². The summed E-state index contributed by atoms with van der Waals surface area (Å²) in [4.78, 5) is 41.3. The average molecular weight is 437 g/mol. The minimum atomic E-state index is -0.610. The summed E-state index contributed by atoms with van der Waals surface area (Å²) in [6.07, 6.45) is 0.385. The number of nitrogens with zero attached hydrogens (tertiary/aromatic N) is 3. The molecule has 164 valence electrons. The number of ether oxygens (including phenoxy) is 3. The third-order valence-corrected chi connectivity index (χ3v) is 4.85. The van der Waals surface area contributed by atoms with Gasteiger partial charge in [-0.15, -0.1) is 0 Å². The number of aromatic nitrogens is 2. The van der Waals surface area contributed by atoms with E-state index in [0.717, 1.165) is 4.90 Å². The number of imide groups is 1. The lowest BCUT2D eigenvalue weighted by molar-refractivity contribution is -0.121. The molecule has 0 N–H and O–H groups in total. The maximum atomic E-state index is 12.3. The van der Waals surface area contributed by atoms with Gasteiger partial charge in [-0.25, -0.2) is 4.79 Å². The second-order valence-electron chi connectivity index (χ2n) is 6.83. The molecule has 0 saturated carbocycles. The van der Waals surface area contributed by atoms with Gasteiger partial charge < -0.3 is 18.7 Å². The molecule has 0 atom stereocenters. The maximum absolute atomic E-state index is 12.3. The van der Waals surface area contributed by atoms with Crippen molar-refractivity contribution >= 4 is 23.5 Å². The molecule has 0 aliphatic carbocycles. The third kappa shape index (κ3) is 4.15. The average Bonchev–Trinajstić information content (AvgIpc) is 3.43. The molecule has 3 aromatic rings. The van der Waals surface area contributed by atoms with Crippen LogP contribution in [0.15, 0.2) is 47.0 Å². The topological polar surface area (TPSA) is 121 Å². The summed E-state index contributed by atoms with van der Waals surface area (Å²) in [5.74, 6) is 0.386. The van der Waals surface area contributed by atoms with E-state index in [1.165, 1.54) is 38.5 Å². The van der Waals surface area contributed by atoms with Gasteiger partial charge in [0.05, 0.1) is 25.5 Å². The number of carbonyl (C=O) groups is 3. The van der Waals surface area contributed by atoms with Crippen molar-refractivity contribution in [2.75, 3.05) is 19.1 Å². The monoisotopic (exact) mass is 437 g/mol. The first kappa shape index (κ1) is 21.0. The quantitative estimate of drug-likeness (QED) is 0.406. The first-order valence-corrected chi connectivity index (χ1v) is 9.68. The van der Waals surface area contributed by atoms with Crippen molar-refractivity contribution in [2.24, 2.45) is 0 Å². The van der Waals surface area contributed by atoms with Gasteiger partial charge in [0.25, 0.3) is 5.89 Å². The second kappa shape index (κ2) is 8.88. The first-order valence-electron chi connectivity index (χ1n) is 9.68. The zero-order valence-corrected chi connectivity index (χ0v) is 17.4. The molecule has 0 bridgehead atoms. The number of anilines is 1. The molecule has 1 aliphatic rings. The second-order valence-corrected chi connectivity index (χ2v) is 6.83. The summed E-state index contributed by atoms with van der Waals surface area (Å²) in [7, 11) is 3.06. The Bertz CT molecular complexity index is 1150. The maximum Gasteiger partial charge on any atom is 0.338 e. The largest absolute Gasteiger partial charge is 0.493 e. The molecule has 2 heterocycles. The van der Waals surface area contributed by atoms with Gasteiger partial charge in [-0.3, -0.25) is 14.5 Å². The van der Waals surface area contributed by atoms with Crippen LogP contribution < -0.4 is 14.4 Å². The van der Waals surface area contributed by atoms with Crippen molar-refractivity contribution in [1.29, 1.82) is 0 Å². The molecule has 10 nitrogen and oxygen atoms in total. The Labute approximate surface area is 182 Å². The fraction of sp³-hybridized carbons (Fsp3) is 0.227. The summed E-state index contributed by atoms with van der Waals surface area (Å²) >= 11 is 0. The van der Waals surface area contributed by atoms with Crippen LogP contribution in [0.1, 0.15) is 29.1 Å². The van der Waals surface area contributed by atoms with Gasteiger partial charge in [-0.1, -0.05) is 5.16 Å². The number of amides is 2. The summed E-state index contributed by atoms with van der Waals surface area (Å²) in [5, 5.41) is 3.89. The van der Waals surface area contributed by atoms with Crippen LogP contribution in [0.5, 0.6) is 11.5 Å².